The van der Waals surface area contributed by atoms with Gasteiger partial charge in [0.05, 0.1) is 0 Å². The summed E-state index contributed by atoms with van der Waals surface area (Å²) in [6.45, 7) is 13.3. The largest absolute Gasteiger partial charge is 0.122 e. The lowest BCUT2D eigenvalue weighted by atomic mass is 9.62. The standard InChI is InChI=1S/C18H25Cl/c1-6-7-13-10-15-16(11-14(13)12-19)18(4,5)9-8-17(15,2)3/h6,10-11H,1,7-9,12H2,2-5H3. The molecule has 0 fully saturated rings. The van der Waals surface area contributed by atoms with Crippen molar-refractivity contribution >= 4 is 11.6 Å². The van der Waals surface area contributed by atoms with Gasteiger partial charge in [-0.05, 0) is 52.3 Å². The Labute approximate surface area is 122 Å². The van der Waals surface area contributed by atoms with Crippen molar-refractivity contribution in [3.8, 4) is 0 Å². The number of fused-ring (bicyclic) bond motifs is 1. The quantitative estimate of drug-likeness (QED) is 0.505. The molecule has 0 radical (unpaired) electrons. The molecule has 0 heterocycles. The molecule has 0 aromatic heterocycles. The van der Waals surface area contributed by atoms with E-state index in [0.717, 1.165) is 6.42 Å². The molecule has 0 bridgehead atoms. The van der Waals surface area contributed by atoms with Gasteiger partial charge in [0.25, 0.3) is 0 Å². The average Bonchev–Trinajstić information content (AvgIpc) is 2.35. The first-order chi connectivity index (χ1) is 8.81. The Balaban J connectivity index is 2.66. The first kappa shape index (κ1) is 14.7. The number of benzene rings is 1. The second-order valence-electron chi connectivity index (χ2n) is 7.06. The number of hydrogen-bond donors (Lipinski definition) is 0. The smallest absolute Gasteiger partial charge is 0.0477 e. The number of alkyl halides is 1. The van der Waals surface area contributed by atoms with Crippen LogP contribution in [0.2, 0.25) is 0 Å². The first-order valence-corrected chi connectivity index (χ1v) is 7.69. The summed E-state index contributed by atoms with van der Waals surface area (Å²) in [6.07, 6.45) is 5.38. The molecular formula is C18H25Cl. The molecule has 1 aliphatic carbocycles. The van der Waals surface area contributed by atoms with Gasteiger partial charge in [0.1, 0.15) is 0 Å². The van der Waals surface area contributed by atoms with Crippen LogP contribution in [0.5, 0.6) is 0 Å². The zero-order chi connectivity index (χ0) is 14.3. The fraction of sp³-hybridized carbons (Fsp3) is 0.556. The van der Waals surface area contributed by atoms with E-state index in [2.05, 4.69) is 46.4 Å². The lowest BCUT2D eigenvalue weighted by Gasteiger charge is -2.42. The van der Waals surface area contributed by atoms with Crippen molar-refractivity contribution in [3.63, 3.8) is 0 Å². The van der Waals surface area contributed by atoms with Crippen molar-refractivity contribution in [2.24, 2.45) is 0 Å². The highest BCUT2D eigenvalue weighted by Crippen LogP contribution is 2.46. The van der Waals surface area contributed by atoms with Crippen LogP contribution in [0.3, 0.4) is 0 Å². The van der Waals surface area contributed by atoms with E-state index < -0.39 is 0 Å². The summed E-state index contributed by atoms with van der Waals surface area (Å²) in [5.41, 5.74) is 6.14. The minimum absolute atomic E-state index is 0.262. The molecule has 1 aromatic rings. The molecule has 0 nitrogen and oxygen atoms in total. The van der Waals surface area contributed by atoms with Gasteiger partial charge in [-0.2, -0.15) is 0 Å². The van der Waals surface area contributed by atoms with Gasteiger partial charge in [0, 0.05) is 5.88 Å². The Bertz CT molecular complexity index is 495. The van der Waals surface area contributed by atoms with Crippen LogP contribution >= 0.6 is 11.6 Å². The van der Waals surface area contributed by atoms with E-state index >= 15 is 0 Å². The van der Waals surface area contributed by atoms with Crippen LogP contribution < -0.4 is 0 Å². The maximum absolute atomic E-state index is 6.14. The summed E-state index contributed by atoms with van der Waals surface area (Å²) in [5, 5.41) is 0. The maximum atomic E-state index is 6.14. The van der Waals surface area contributed by atoms with Crippen LogP contribution in [0.15, 0.2) is 24.8 Å². The van der Waals surface area contributed by atoms with Crippen LogP contribution in [0.4, 0.5) is 0 Å². The number of halogens is 1. The van der Waals surface area contributed by atoms with Gasteiger partial charge < -0.3 is 0 Å². The summed E-state index contributed by atoms with van der Waals surface area (Å²) < 4.78 is 0. The SMILES string of the molecule is C=CCc1cc2c(cc1CCl)C(C)(C)CCC2(C)C. The van der Waals surface area contributed by atoms with E-state index in [9.17, 15) is 0 Å². The fourth-order valence-electron chi connectivity index (χ4n) is 3.17. The summed E-state index contributed by atoms with van der Waals surface area (Å²) >= 11 is 6.14. The topological polar surface area (TPSA) is 0 Å². The Morgan fingerprint density at radius 2 is 1.53 bits per heavy atom. The number of hydrogen-bond acceptors (Lipinski definition) is 0. The molecule has 1 heteroatoms. The Morgan fingerprint density at radius 3 is 1.95 bits per heavy atom. The lowest BCUT2D eigenvalue weighted by molar-refractivity contribution is 0.331. The van der Waals surface area contributed by atoms with Crippen LogP contribution in [-0.2, 0) is 23.1 Å². The maximum Gasteiger partial charge on any atom is 0.0477 e. The van der Waals surface area contributed by atoms with E-state index in [1.807, 2.05) is 6.08 Å². The van der Waals surface area contributed by atoms with Crippen LogP contribution in [-0.4, -0.2) is 0 Å². The van der Waals surface area contributed by atoms with Crippen LogP contribution in [0, 0.1) is 0 Å². The highest BCUT2D eigenvalue weighted by atomic mass is 35.5. The third-order valence-electron chi connectivity index (χ3n) is 4.68. The zero-order valence-electron chi connectivity index (χ0n) is 12.6. The normalized spacial score (nSPS) is 19.8. The number of allylic oxidation sites excluding steroid dienone is 1. The Kier molecular flexibility index (Phi) is 3.84. The molecule has 0 saturated heterocycles. The van der Waals surface area contributed by atoms with Crippen LogP contribution in [0.25, 0.3) is 0 Å². The van der Waals surface area contributed by atoms with Crippen molar-refractivity contribution in [2.75, 3.05) is 0 Å². The fourth-order valence-corrected chi connectivity index (χ4v) is 3.42. The predicted molar refractivity (Wildman–Crippen MR) is 85.2 cm³/mol. The molecule has 1 aromatic carbocycles. The molecule has 0 atom stereocenters. The van der Waals surface area contributed by atoms with Gasteiger partial charge in [-0.15, -0.1) is 18.2 Å². The number of rotatable bonds is 3. The van der Waals surface area contributed by atoms with Crippen LogP contribution in [0.1, 0.15) is 62.8 Å². The zero-order valence-corrected chi connectivity index (χ0v) is 13.4. The highest BCUT2D eigenvalue weighted by molar-refractivity contribution is 6.17. The van der Waals surface area contributed by atoms with Gasteiger partial charge in [-0.1, -0.05) is 45.9 Å². The third-order valence-corrected chi connectivity index (χ3v) is 4.97. The van der Waals surface area contributed by atoms with Gasteiger partial charge in [-0.25, -0.2) is 0 Å². The Morgan fingerprint density at radius 1 is 1.05 bits per heavy atom. The van der Waals surface area contributed by atoms with Crippen molar-refractivity contribution in [1.29, 1.82) is 0 Å². The molecule has 2 rings (SSSR count). The van der Waals surface area contributed by atoms with Gasteiger partial charge in [0.2, 0.25) is 0 Å². The molecule has 19 heavy (non-hydrogen) atoms. The third kappa shape index (κ3) is 2.60. The van der Waals surface area contributed by atoms with E-state index in [1.54, 1.807) is 0 Å². The van der Waals surface area contributed by atoms with Crippen molar-refractivity contribution < 1.29 is 0 Å². The van der Waals surface area contributed by atoms with E-state index in [-0.39, 0.29) is 10.8 Å². The molecule has 0 aliphatic heterocycles. The molecule has 1 aliphatic rings. The van der Waals surface area contributed by atoms with Gasteiger partial charge in [-0.3, -0.25) is 0 Å². The molecule has 0 amide bonds. The summed E-state index contributed by atoms with van der Waals surface area (Å²) in [6, 6.07) is 4.73. The molecule has 0 saturated carbocycles. The van der Waals surface area contributed by atoms with Crippen molar-refractivity contribution in [2.45, 2.75) is 63.7 Å². The lowest BCUT2D eigenvalue weighted by Crippen LogP contribution is -2.34. The van der Waals surface area contributed by atoms with E-state index in [1.165, 1.54) is 35.1 Å². The average molecular weight is 277 g/mol. The minimum Gasteiger partial charge on any atom is -0.122 e. The first-order valence-electron chi connectivity index (χ1n) is 7.15. The summed E-state index contributed by atoms with van der Waals surface area (Å²) in [7, 11) is 0. The summed E-state index contributed by atoms with van der Waals surface area (Å²) in [4.78, 5) is 0. The minimum atomic E-state index is 0.262. The van der Waals surface area contributed by atoms with E-state index in [4.69, 9.17) is 11.6 Å². The second-order valence-corrected chi connectivity index (χ2v) is 7.33. The molecule has 104 valence electrons. The molecule has 0 spiro atoms. The second kappa shape index (κ2) is 4.98. The summed E-state index contributed by atoms with van der Waals surface area (Å²) in [5.74, 6) is 0.590. The molecule has 0 N–H and O–H groups in total. The van der Waals surface area contributed by atoms with Crippen molar-refractivity contribution in [1.82, 2.24) is 0 Å². The van der Waals surface area contributed by atoms with Crippen molar-refractivity contribution in [3.05, 3.63) is 47.0 Å². The molecule has 0 unspecified atom stereocenters. The van der Waals surface area contributed by atoms with Gasteiger partial charge in [0.15, 0.2) is 0 Å². The molecular weight excluding hydrogens is 252 g/mol. The monoisotopic (exact) mass is 276 g/mol. The Hall–Kier alpha value is -0.750. The predicted octanol–water partition coefficient (Wildman–Crippen LogP) is 5.50. The van der Waals surface area contributed by atoms with Gasteiger partial charge >= 0.3 is 0 Å². The highest BCUT2D eigenvalue weighted by Gasteiger charge is 2.37. The van der Waals surface area contributed by atoms with E-state index in [0.29, 0.717) is 5.88 Å².